The molecule has 2 rings (SSSR count). The van der Waals surface area contributed by atoms with E-state index in [1.807, 2.05) is 31.2 Å². The molecule has 1 heterocycles. The van der Waals surface area contributed by atoms with Gasteiger partial charge in [0.1, 0.15) is 0 Å². The van der Waals surface area contributed by atoms with Gasteiger partial charge in [0.05, 0.1) is 0 Å². The number of aryl methyl sites for hydroxylation is 1. The van der Waals surface area contributed by atoms with Gasteiger partial charge in [-0.1, -0.05) is 17.7 Å². The second-order valence-electron chi connectivity index (χ2n) is 4.99. The lowest BCUT2D eigenvalue weighted by Gasteiger charge is -2.17. The summed E-state index contributed by atoms with van der Waals surface area (Å²) in [6.45, 7) is 3.13. The number of carbonyl (C=O) groups is 2. The molecule has 2 amide bonds. The Labute approximate surface area is 112 Å². The number of nitrogens with one attached hydrogen (secondary N) is 1. The Morgan fingerprint density at radius 2 is 2.05 bits per heavy atom. The highest BCUT2D eigenvalue weighted by molar-refractivity contribution is 5.89. The van der Waals surface area contributed by atoms with Crippen molar-refractivity contribution in [3.05, 3.63) is 29.8 Å². The van der Waals surface area contributed by atoms with Gasteiger partial charge in [-0.2, -0.15) is 0 Å². The molecule has 0 bridgehead atoms. The predicted molar refractivity (Wildman–Crippen MR) is 72.1 cm³/mol. The third kappa shape index (κ3) is 3.71. The summed E-state index contributed by atoms with van der Waals surface area (Å²) in [6, 6.07) is 7.44. The number of carboxylic acids is 1. The molecule has 0 spiro atoms. The Kier molecular flexibility index (Phi) is 4.04. The molecule has 1 aliphatic heterocycles. The zero-order valence-electron chi connectivity index (χ0n) is 10.9. The predicted octanol–water partition coefficient (Wildman–Crippen LogP) is 2.32. The van der Waals surface area contributed by atoms with Crippen LogP contribution in [0.2, 0.25) is 0 Å². The minimum atomic E-state index is -0.800. The SMILES string of the molecule is Cc1ccc(NC(=O)N2CCC(CC(=O)O)C2)cc1. The molecule has 0 aromatic heterocycles. The molecule has 0 saturated carbocycles. The third-order valence-corrected chi connectivity index (χ3v) is 3.34. The van der Waals surface area contributed by atoms with Gasteiger partial charge in [-0.15, -0.1) is 0 Å². The first-order valence-electron chi connectivity index (χ1n) is 6.39. The molecular weight excluding hydrogens is 244 g/mol. The van der Waals surface area contributed by atoms with Crippen molar-refractivity contribution < 1.29 is 14.7 Å². The third-order valence-electron chi connectivity index (χ3n) is 3.34. The van der Waals surface area contributed by atoms with E-state index >= 15 is 0 Å². The number of carboxylic acid groups (broad SMARTS) is 1. The summed E-state index contributed by atoms with van der Waals surface area (Å²) in [4.78, 5) is 24.3. The number of hydrogen-bond donors (Lipinski definition) is 2. The molecule has 1 aliphatic rings. The van der Waals surface area contributed by atoms with E-state index in [0.29, 0.717) is 13.1 Å². The summed E-state index contributed by atoms with van der Waals surface area (Å²) in [5.74, 6) is -0.730. The highest BCUT2D eigenvalue weighted by Crippen LogP contribution is 2.20. The fraction of sp³-hybridized carbons (Fsp3) is 0.429. The van der Waals surface area contributed by atoms with Crippen LogP contribution < -0.4 is 5.32 Å². The number of amides is 2. The zero-order valence-corrected chi connectivity index (χ0v) is 10.9. The Hall–Kier alpha value is -2.04. The highest BCUT2D eigenvalue weighted by Gasteiger charge is 2.27. The van der Waals surface area contributed by atoms with Crippen LogP contribution in [0.1, 0.15) is 18.4 Å². The number of urea groups is 1. The quantitative estimate of drug-likeness (QED) is 0.878. The molecule has 1 aromatic carbocycles. The summed E-state index contributed by atoms with van der Waals surface area (Å²) in [6.07, 6.45) is 0.891. The molecule has 5 heteroatoms. The van der Waals surface area contributed by atoms with E-state index in [2.05, 4.69) is 5.32 Å². The zero-order chi connectivity index (χ0) is 13.8. The average Bonchev–Trinajstić information content (AvgIpc) is 2.80. The molecule has 1 fully saturated rings. The van der Waals surface area contributed by atoms with E-state index in [9.17, 15) is 9.59 Å². The van der Waals surface area contributed by atoms with Crippen LogP contribution >= 0.6 is 0 Å². The van der Waals surface area contributed by atoms with Crippen molar-refractivity contribution in [2.24, 2.45) is 5.92 Å². The molecule has 1 aromatic rings. The second-order valence-corrected chi connectivity index (χ2v) is 4.99. The van der Waals surface area contributed by atoms with Crippen molar-refractivity contribution in [2.45, 2.75) is 19.8 Å². The molecule has 1 unspecified atom stereocenters. The van der Waals surface area contributed by atoms with Crippen LogP contribution in [0.3, 0.4) is 0 Å². The number of likely N-dealkylation sites (tertiary alicyclic amines) is 1. The maximum absolute atomic E-state index is 12.0. The monoisotopic (exact) mass is 262 g/mol. The van der Waals surface area contributed by atoms with Crippen molar-refractivity contribution in [3.63, 3.8) is 0 Å². The summed E-state index contributed by atoms with van der Waals surface area (Å²) in [5.41, 5.74) is 1.90. The van der Waals surface area contributed by atoms with Crippen molar-refractivity contribution in [1.29, 1.82) is 0 Å². The number of benzene rings is 1. The summed E-state index contributed by atoms with van der Waals surface area (Å²) < 4.78 is 0. The highest BCUT2D eigenvalue weighted by atomic mass is 16.4. The average molecular weight is 262 g/mol. The van der Waals surface area contributed by atoms with E-state index in [0.717, 1.165) is 17.7 Å². The summed E-state index contributed by atoms with van der Waals surface area (Å²) >= 11 is 0. The molecule has 1 atom stereocenters. The van der Waals surface area contributed by atoms with Crippen molar-refractivity contribution in [2.75, 3.05) is 18.4 Å². The minimum Gasteiger partial charge on any atom is -0.481 e. The Morgan fingerprint density at radius 3 is 2.68 bits per heavy atom. The lowest BCUT2D eigenvalue weighted by Crippen LogP contribution is -2.33. The van der Waals surface area contributed by atoms with Crippen LogP contribution in [0.4, 0.5) is 10.5 Å². The first kappa shape index (κ1) is 13.4. The number of carbonyl (C=O) groups excluding carboxylic acids is 1. The molecule has 102 valence electrons. The largest absolute Gasteiger partial charge is 0.481 e. The number of aliphatic carboxylic acids is 1. The van der Waals surface area contributed by atoms with Crippen molar-refractivity contribution >= 4 is 17.7 Å². The molecule has 0 aliphatic carbocycles. The standard InChI is InChI=1S/C14H18N2O3/c1-10-2-4-12(5-3-10)15-14(19)16-7-6-11(9-16)8-13(17)18/h2-5,11H,6-9H2,1H3,(H,15,19)(H,17,18). The van der Waals surface area contributed by atoms with Gasteiger partial charge >= 0.3 is 12.0 Å². The molecule has 2 N–H and O–H groups in total. The van der Waals surface area contributed by atoms with E-state index in [4.69, 9.17) is 5.11 Å². The van der Waals surface area contributed by atoms with Crippen LogP contribution in [-0.4, -0.2) is 35.1 Å². The second kappa shape index (κ2) is 5.73. The van der Waals surface area contributed by atoms with Crippen LogP contribution in [0.5, 0.6) is 0 Å². The van der Waals surface area contributed by atoms with Gasteiger partial charge in [0.15, 0.2) is 0 Å². The maximum Gasteiger partial charge on any atom is 0.321 e. The number of nitrogens with zero attached hydrogens (tertiary/aromatic N) is 1. The Balaban J connectivity index is 1.87. The topological polar surface area (TPSA) is 69.6 Å². The number of anilines is 1. The molecule has 5 nitrogen and oxygen atoms in total. The number of hydrogen-bond acceptors (Lipinski definition) is 2. The lowest BCUT2D eigenvalue weighted by atomic mass is 10.1. The van der Waals surface area contributed by atoms with Gasteiger partial charge in [0.25, 0.3) is 0 Å². The summed E-state index contributed by atoms with van der Waals surface area (Å²) in [5, 5.41) is 11.6. The molecule has 19 heavy (non-hydrogen) atoms. The van der Waals surface area contributed by atoms with E-state index in [1.165, 1.54) is 0 Å². The van der Waals surface area contributed by atoms with Crippen LogP contribution in [0.25, 0.3) is 0 Å². The van der Waals surface area contributed by atoms with Gasteiger partial charge in [-0.05, 0) is 31.4 Å². The smallest absolute Gasteiger partial charge is 0.321 e. The first-order chi connectivity index (χ1) is 9.04. The Bertz CT molecular complexity index is 470. The summed E-state index contributed by atoms with van der Waals surface area (Å²) in [7, 11) is 0. The van der Waals surface area contributed by atoms with Crippen LogP contribution in [0, 0.1) is 12.8 Å². The normalized spacial score (nSPS) is 18.4. The fourth-order valence-corrected chi connectivity index (χ4v) is 2.27. The maximum atomic E-state index is 12.0. The van der Waals surface area contributed by atoms with Crippen molar-refractivity contribution in [1.82, 2.24) is 4.90 Å². The minimum absolute atomic E-state index is 0.0706. The molecule has 0 radical (unpaired) electrons. The van der Waals surface area contributed by atoms with Crippen LogP contribution in [0.15, 0.2) is 24.3 Å². The number of rotatable bonds is 3. The van der Waals surface area contributed by atoms with Gasteiger partial charge in [0, 0.05) is 25.2 Å². The van der Waals surface area contributed by atoms with Gasteiger partial charge < -0.3 is 15.3 Å². The first-order valence-corrected chi connectivity index (χ1v) is 6.39. The van der Waals surface area contributed by atoms with Gasteiger partial charge in [-0.25, -0.2) is 4.79 Å². The van der Waals surface area contributed by atoms with Gasteiger partial charge in [-0.3, -0.25) is 4.79 Å². The van der Waals surface area contributed by atoms with E-state index in [1.54, 1.807) is 4.90 Å². The van der Waals surface area contributed by atoms with E-state index < -0.39 is 5.97 Å². The molecular formula is C14H18N2O3. The van der Waals surface area contributed by atoms with Crippen LogP contribution in [-0.2, 0) is 4.79 Å². The van der Waals surface area contributed by atoms with E-state index in [-0.39, 0.29) is 18.4 Å². The lowest BCUT2D eigenvalue weighted by molar-refractivity contribution is -0.138. The van der Waals surface area contributed by atoms with Gasteiger partial charge in [0.2, 0.25) is 0 Å². The Morgan fingerprint density at radius 1 is 1.37 bits per heavy atom. The molecule has 1 saturated heterocycles. The fourth-order valence-electron chi connectivity index (χ4n) is 2.27. The van der Waals surface area contributed by atoms with Crippen molar-refractivity contribution in [3.8, 4) is 0 Å².